The fourth-order valence-corrected chi connectivity index (χ4v) is 4.79. The summed E-state index contributed by atoms with van der Waals surface area (Å²) in [5.41, 5.74) is 1.02. The fourth-order valence-electron chi connectivity index (χ4n) is 4.79. The van der Waals surface area contributed by atoms with E-state index in [4.69, 9.17) is 4.74 Å². The zero-order chi connectivity index (χ0) is 17.1. The summed E-state index contributed by atoms with van der Waals surface area (Å²) in [6, 6.07) is 6.50. The number of carbonyl (C=O) groups excluding carboxylic acids is 1. The second-order valence-electron chi connectivity index (χ2n) is 7.82. The van der Waals surface area contributed by atoms with Crippen molar-refractivity contribution in [1.82, 2.24) is 14.8 Å². The minimum atomic E-state index is -0.124. The van der Waals surface area contributed by atoms with Crippen LogP contribution < -0.4 is 0 Å². The number of nitrogens with zero attached hydrogens (tertiary/aromatic N) is 3. The number of carbonyl (C=O) groups is 1. The highest BCUT2D eigenvalue weighted by Gasteiger charge is 2.49. The maximum absolute atomic E-state index is 13.3. The lowest BCUT2D eigenvalue weighted by Crippen LogP contribution is -2.54. The van der Waals surface area contributed by atoms with Crippen LogP contribution in [0, 0.1) is 5.41 Å². The number of aromatic nitrogens is 1. The van der Waals surface area contributed by atoms with Gasteiger partial charge in [-0.05, 0) is 50.8 Å². The largest absolute Gasteiger partial charge is 0.381 e. The summed E-state index contributed by atoms with van der Waals surface area (Å²) in [5, 5.41) is 0. The van der Waals surface area contributed by atoms with Crippen LogP contribution in [0.1, 0.15) is 37.8 Å². The smallest absolute Gasteiger partial charge is 0.230 e. The summed E-state index contributed by atoms with van der Waals surface area (Å²) < 4.78 is 5.48. The number of piperidine rings is 1. The predicted octanol–water partition coefficient (Wildman–Crippen LogP) is 2.12. The van der Waals surface area contributed by atoms with Crippen molar-refractivity contribution in [3.8, 4) is 0 Å². The Kier molecular flexibility index (Phi) is 5.04. The zero-order valence-electron chi connectivity index (χ0n) is 15.0. The molecule has 0 bridgehead atoms. The first-order valence-corrected chi connectivity index (χ1v) is 9.78. The van der Waals surface area contributed by atoms with Crippen LogP contribution in [-0.4, -0.2) is 66.1 Å². The average molecular weight is 343 g/mol. The van der Waals surface area contributed by atoms with Gasteiger partial charge in [-0.1, -0.05) is 6.07 Å². The van der Waals surface area contributed by atoms with Gasteiger partial charge in [-0.2, -0.15) is 0 Å². The van der Waals surface area contributed by atoms with Gasteiger partial charge in [0.25, 0.3) is 0 Å². The van der Waals surface area contributed by atoms with Crippen molar-refractivity contribution < 1.29 is 9.53 Å². The molecule has 5 heteroatoms. The molecule has 5 nitrogen and oxygen atoms in total. The predicted molar refractivity (Wildman–Crippen MR) is 96.2 cm³/mol. The topological polar surface area (TPSA) is 45.7 Å². The third kappa shape index (κ3) is 3.58. The van der Waals surface area contributed by atoms with E-state index in [9.17, 15) is 4.79 Å². The average Bonchev–Trinajstić information content (AvgIpc) is 3.08. The SMILES string of the molecule is O=C1N(C2CCOCC2)CCC[C@]12CCN(CCc1ccccn1)C2. The molecule has 136 valence electrons. The molecule has 3 fully saturated rings. The lowest BCUT2D eigenvalue weighted by Gasteiger charge is -2.44. The summed E-state index contributed by atoms with van der Waals surface area (Å²) in [6.07, 6.45) is 8.07. The van der Waals surface area contributed by atoms with E-state index >= 15 is 0 Å². The molecule has 1 aromatic rings. The Hall–Kier alpha value is -1.46. The number of ether oxygens (including phenoxy) is 1. The second kappa shape index (κ2) is 7.42. The molecule has 1 spiro atoms. The van der Waals surface area contributed by atoms with Crippen molar-refractivity contribution in [3.05, 3.63) is 30.1 Å². The molecular formula is C20H29N3O2. The fraction of sp³-hybridized carbons (Fsp3) is 0.700. The van der Waals surface area contributed by atoms with Crippen LogP contribution in [0.2, 0.25) is 0 Å². The molecule has 4 heterocycles. The van der Waals surface area contributed by atoms with Crippen molar-refractivity contribution in [3.63, 3.8) is 0 Å². The van der Waals surface area contributed by atoms with Gasteiger partial charge in [0, 0.05) is 57.2 Å². The molecule has 3 aliphatic rings. The van der Waals surface area contributed by atoms with Gasteiger partial charge < -0.3 is 14.5 Å². The lowest BCUT2D eigenvalue weighted by atomic mass is 9.77. The van der Waals surface area contributed by atoms with Crippen molar-refractivity contribution in [1.29, 1.82) is 0 Å². The van der Waals surface area contributed by atoms with Crippen molar-refractivity contribution in [2.75, 3.05) is 39.4 Å². The molecule has 0 unspecified atom stereocenters. The Bertz CT molecular complexity index is 588. The first kappa shape index (κ1) is 17.0. The molecule has 0 N–H and O–H groups in total. The minimum absolute atomic E-state index is 0.124. The first-order valence-electron chi connectivity index (χ1n) is 9.78. The van der Waals surface area contributed by atoms with E-state index in [-0.39, 0.29) is 5.41 Å². The van der Waals surface area contributed by atoms with Gasteiger partial charge in [-0.3, -0.25) is 9.78 Å². The van der Waals surface area contributed by atoms with E-state index in [2.05, 4.69) is 20.9 Å². The third-order valence-electron chi connectivity index (χ3n) is 6.24. The van der Waals surface area contributed by atoms with Crippen LogP contribution in [0.5, 0.6) is 0 Å². The number of hydrogen-bond acceptors (Lipinski definition) is 4. The van der Waals surface area contributed by atoms with E-state index in [0.29, 0.717) is 11.9 Å². The summed E-state index contributed by atoms with van der Waals surface area (Å²) in [7, 11) is 0. The van der Waals surface area contributed by atoms with Crippen LogP contribution in [0.3, 0.4) is 0 Å². The van der Waals surface area contributed by atoms with E-state index in [1.165, 1.54) is 0 Å². The molecule has 0 aromatic carbocycles. The normalized spacial score (nSPS) is 28.8. The molecule has 1 aromatic heterocycles. The Morgan fingerprint density at radius 3 is 2.88 bits per heavy atom. The minimum Gasteiger partial charge on any atom is -0.381 e. The summed E-state index contributed by atoms with van der Waals surface area (Å²) in [6.45, 7) is 5.52. The maximum atomic E-state index is 13.3. The van der Waals surface area contributed by atoms with Crippen molar-refractivity contribution in [2.45, 2.75) is 44.6 Å². The molecular weight excluding hydrogens is 314 g/mol. The molecule has 4 rings (SSSR count). The maximum Gasteiger partial charge on any atom is 0.230 e. The van der Waals surface area contributed by atoms with Crippen LogP contribution >= 0.6 is 0 Å². The highest BCUT2D eigenvalue weighted by molar-refractivity contribution is 5.84. The summed E-state index contributed by atoms with van der Waals surface area (Å²) in [5.74, 6) is 0.422. The quantitative estimate of drug-likeness (QED) is 0.840. The number of likely N-dealkylation sites (tertiary alicyclic amines) is 2. The van der Waals surface area contributed by atoms with Gasteiger partial charge >= 0.3 is 0 Å². The van der Waals surface area contributed by atoms with E-state index < -0.39 is 0 Å². The Balaban J connectivity index is 1.37. The molecule has 3 saturated heterocycles. The Morgan fingerprint density at radius 2 is 2.08 bits per heavy atom. The Morgan fingerprint density at radius 1 is 1.20 bits per heavy atom. The number of hydrogen-bond donors (Lipinski definition) is 0. The van der Waals surface area contributed by atoms with Gasteiger partial charge in [-0.15, -0.1) is 0 Å². The van der Waals surface area contributed by atoms with E-state index in [1.807, 2.05) is 18.3 Å². The van der Waals surface area contributed by atoms with Gasteiger partial charge in [0.1, 0.15) is 0 Å². The van der Waals surface area contributed by atoms with Crippen LogP contribution in [0.15, 0.2) is 24.4 Å². The van der Waals surface area contributed by atoms with Gasteiger partial charge in [0.05, 0.1) is 5.41 Å². The van der Waals surface area contributed by atoms with Gasteiger partial charge in [0.2, 0.25) is 5.91 Å². The van der Waals surface area contributed by atoms with Gasteiger partial charge in [0.15, 0.2) is 0 Å². The van der Waals surface area contributed by atoms with Crippen molar-refractivity contribution in [2.24, 2.45) is 5.41 Å². The molecule has 0 aliphatic carbocycles. The number of pyridine rings is 1. The van der Waals surface area contributed by atoms with Crippen LogP contribution in [0.4, 0.5) is 0 Å². The first-order chi connectivity index (χ1) is 12.3. The highest BCUT2D eigenvalue weighted by atomic mass is 16.5. The highest BCUT2D eigenvalue weighted by Crippen LogP contribution is 2.41. The van der Waals surface area contributed by atoms with E-state index in [0.717, 1.165) is 83.6 Å². The summed E-state index contributed by atoms with van der Waals surface area (Å²) in [4.78, 5) is 22.4. The van der Waals surface area contributed by atoms with Crippen LogP contribution in [0.25, 0.3) is 0 Å². The third-order valence-corrected chi connectivity index (χ3v) is 6.24. The summed E-state index contributed by atoms with van der Waals surface area (Å²) >= 11 is 0. The molecule has 0 saturated carbocycles. The molecule has 3 aliphatic heterocycles. The number of amides is 1. The van der Waals surface area contributed by atoms with E-state index in [1.54, 1.807) is 0 Å². The van der Waals surface area contributed by atoms with Gasteiger partial charge in [-0.25, -0.2) is 0 Å². The van der Waals surface area contributed by atoms with Crippen molar-refractivity contribution >= 4 is 5.91 Å². The lowest BCUT2D eigenvalue weighted by molar-refractivity contribution is -0.150. The second-order valence-corrected chi connectivity index (χ2v) is 7.82. The molecule has 25 heavy (non-hydrogen) atoms. The Labute approximate surface area is 150 Å². The molecule has 1 atom stereocenters. The van der Waals surface area contributed by atoms with Crippen LogP contribution in [-0.2, 0) is 16.0 Å². The monoisotopic (exact) mass is 343 g/mol. The molecule has 1 amide bonds. The number of rotatable bonds is 4. The standard InChI is InChI=1S/C20H29N3O2/c24-19-20(8-3-11-23(19)18-6-14-25-15-7-18)9-13-22(16-20)12-5-17-4-1-2-10-21-17/h1-2,4,10,18H,3,5-9,11-16H2/t20-/m1/s1. The molecule has 0 radical (unpaired) electrons. The zero-order valence-corrected chi connectivity index (χ0v) is 15.0.